The van der Waals surface area contributed by atoms with Gasteiger partial charge in [-0.05, 0) is 56.8 Å². The number of rotatable bonds is 4. The molecule has 0 bridgehead atoms. The standard InChI is InChI=1S/C16H20F2N2O/c17-13-2-1-3-14(18)16(13)19-15(21)10-11-6-8-20(9-7-11)12-4-5-12/h1-3,11-12H,4-10H2,(H,19,21). The summed E-state index contributed by atoms with van der Waals surface area (Å²) in [7, 11) is 0. The Kier molecular flexibility index (Phi) is 4.19. The highest BCUT2D eigenvalue weighted by Gasteiger charge is 2.32. The molecule has 1 saturated heterocycles. The number of halogens is 2. The Bertz CT molecular complexity index is 503. The van der Waals surface area contributed by atoms with Crippen molar-refractivity contribution in [3.63, 3.8) is 0 Å². The molecule has 3 rings (SSSR count). The molecule has 114 valence electrons. The molecule has 1 aromatic rings. The van der Waals surface area contributed by atoms with Crippen molar-refractivity contribution in [3.8, 4) is 0 Å². The number of nitrogens with zero attached hydrogens (tertiary/aromatic N) is 1. The van der Waals surface area contributed by atoms with Crippen molar-refractivity contribution in [1.29, 1.82) is 0 Å². The van der Waals surface area contributed by atoms with Crippen LogP contribution in [0.5, 0.6) is 0 Å². The predicted octanol–water partition coefficient (Wildman–Crippen LogP) is 3.17. The van der Waals surface area contributed by atoms with Gasteiger partial charge in [-0.3, -0.25) is 4.79 Å². The van der Waals surface area contributed by atoms with E-state index < -0.39 is 11.6 Å². The van der Waals surface area contributed by atoms with E-state index in [4.69, 9.17) is 0 Å². The number of hydrogen-bond acceptors (Lipinski definition) is 2. The Hall–Kier alpha value is -1.49. The van der Waals surface area contributed by atoms with Crippen LogP contribution in [0.4, 0.5) is 14.5 Å². The molecule has 0 atom stereocenters. The van der Waals surface area contributed by atoms with Crippen LogP contribution in [0.3, 0.4) is 0 Å². The molecule has 1 heterocycles. The topological polar surface area (TPSA) is 32.3 Å². The van der Waals surface area contributed by atoms with Gasteiger partial charge in [0.2, 0.25) is 5.91 Å². The highest BCUT2D eigenvalue weighted by Crippen LogP contribution is 2.31. The molecule has 1 N–H and O–H groups in total. The zero-order chi connectivity index (χ0) is 14.8. The van der Waals surface area contributed by atoms with E-state index in [0.717, 1.165) is 44.1 Å². The molecule has 3 nitrogen and oxygen atoms in total. The fourth-order valence-electron chi connectivity index (χ4n) is 3.03. The first-order valence-electron chi connectivity index (χ1n) is 7.61. The lowest BCUT2D eigenvalue weighted by molar-refractivity contribution is -0.117. The zero-order valence-electron chi connectivity index (χ0n) is 11.9. The van der Waals surface area contributed by atoms with Crippen molar-refractivity contribution < 1.29 is 13.6 Å². The molecule has 1 amide bonds. The summed E-state index contributed by atoms with van der Waals surface area (Å²) < 4.78 is 27.0. The van der Waals surface area contributed by atoms with Gasteiger partial charge in [0.1, 0.15) is 17.3 Å². The largest absolute Gasteiger partial charge is 0.321 e. The van der Waals surface area contributed by atoms with Crippen molar-refractivity contribution in [1.82, 2.24) is 4.90 Å². The van der Waals surface area contributed by atoms with Crippen LogP contribution in [0.15, 0.2) is 18.2 Å². The maximum atomic E-state index is 13.5. The second-order valence-electron chi connectivity index (χ2n) is 6.06. The maximum Gasteiger partial charge on any atom is 0.224 e. The average molecular weight is 294 g/mol. The number of para-hydroxylation sites is 1. The van der Waals surface area contributed by atoms with Gasteiger partial charge < -0.3 is 10.2 Å². The van der Waals surface area contributed by atoms with E-state index in [1.54, 1.807) is 0 Å². The van der Waals surface area contributed by atoms with Gasteiger partial charge in [-0.2, -0.15) is 0 Å². The van der Waals surface area contributed by atoms with Crippen LogP contribution in [0.1, 0.15) is 32.1 Å². The van der Waals surface area contributed by atoms with Gasteiger partial charge in [-0.15, -0.1) is 0 Å². The lowest BCUT2D eigenvalue weighted by Gasteiger charge is -2.31. The predicted molar refractivity (Wildman–Crippen MR) is 76.9 cm³/mol. The normalized spacial score (nSPS) is 20.5. The van der Waals surface area contributed by atoms with E-state index in [1.165, 1.54) is 18.9 Å². The van der Waals surface area contributed by atoms with E-state index >= 15 is 0 Å². The Balaban J connectivity index is 1.50. The average Bonchev–Trinajstić information content (AvgIpc) is 3.28. The zero-order valence-corrected chi connectivity index (χ0v) is 11.9. The van der Waals surface area contributed by atoms with Gasteiger partial charge >= 0.3 is 0 Å². The fraction of sp³-hybridized carbons (Fsp3) is 0.562. The Morgan fingerprint density at radius 2 is 1.76 bits per heavy atom. The monoisotopic (exact) mass is 294 g/mol. The van der Waals surface area contributed by atoms with Crippen molar-refractivity contribution >= 4 is 11.6 Å². The summed E-state index contributed by atoms with van der Waals surface area (Å²) in [6, 6.07) is 4.35. The molecule has 0 aromatic heterocycles. The highest BCUT2D eigenvalue weighted by molar-refractivity contribution is 5.91. The lowest BCUT2D eigenvalue weighted by atomic mass is 9.93. The first-order chi connectivity index (χ1) is 10.1. The smallest absolute Gasteiger partial charge is 0.224 e. The summed E-state index contributed by atoms with van der Waals surface area (Å²) in [4.78, 5) is 14.4. The molecular weight excluding hydrogens is 274 g/mol. The molecule has 1 aliphatic carbocycles. The number of anilines is 1. The number of hydrogen-bond donors (Lipinski definition) is 1. The van der Waals surface area contributed by atoms with Gasteiger partial charge in [0.05, 0.1) is 0 Å². The van der Waals surface area contributed by atoms with Crippen LogP contribution in [0.25, 0.3) is 0 Å². The summed E-state index contributed by atoms with van der Waals surface area (Å²) in [6.45, 7) is 2.08. The molecule has 1 aromatic carbocycles. The summed E-state index contributed by atoms with van der Waals surface area (Å²) in [6.07, 6.45) is 4.93. The number of carbonyl (C=O) groups is 1. The summed E-state index contributed by atoms with van der Waals surface area (Å²) >= 11 is 0. The first-order valence-corrected chi connectivity index (χ1v) is 7.61. The van der Waals surface area contributed by atoms with Gasteiger partial charge in [0.15, 0.2) is 0 Å². The first kappa shape index (κ1) is 14.4. The Morgan fingerprint density at radius 1 is 1.14 bits per heavy atom. The van der Waals surface area contributed by atoms with Gasteiger partial charge in [0, 0.05) is 12.5 Å². The third kappa shape index (κ3) is 3.59. The molecule has 2 fully saturated rings. The van der Waals surface area contributed by atoms with Crippen molar-refractivity contribution in [2.24, 2.45) is 5.92 Å². The van der Waals surface area contributed by atoms with Crippen LogP contribution >= 0.6 is 0 Å². The highest BCUT2D eigenvalue weighted by atomic mass is 19.1. The second kappa shape index (κ2) is 6.10. The van der Waals surface area contributed by atoms with Crippen molar-refractivity contribution in [2.75, 3.05) is 18.4 Å². The minimum absolute atomic E-state index is 0.302. The Morgan fingerprint density at radius 3 is 2.33 bits per heavy atom. The van der Waals surface area contributed by atoms with E-state index in [1.807, 2.05) is 0 Å². The molecule has 2 aliphatic rings. The van der Waals surface area contributed by atoms with Crippen molar-refractivity contribution in [3.05, 3.63) is 29.8 Å². The minimum atomic E-state index is -0.730. The van der Waals surface area contributed by atoms with E-state index in [0.29, 0.717) is 12.3 Å². The number of piperidine rings is 1. The third-order valence-corrected chi connectivity index (χ3v) is 4.41. The van der Waals surface area contributed by atoms with Crippen LogP contribution in [0, 0.1) is 17.6 Å². The molecule has 5 heteroatoms. The SMILES string of the molecule is O=C(CC1CCN(C2CC2)CC1)Nc1c(F)cccc1F. The molecular formula is C16H20F2N2O. The number of likely N-dealkylation sites (tertiary alicyclic amines) is 1. The van der Waals surface area contributed by atoms with Gasteiger partial charge in [-0.1, -0.05) is 6.07 Å². The van der Waals surface area contributed by atoms with E-state index in [9.17, 15) is 13.6 Å². The summed E-state index contributed by atoms with van der Waals surface area (Å²) in [5.41, 5.74) is -0.335. The number of carbonyl (C=O) groups excluding carboxylic acids is 1. The molecule has 0 unspecified atom stereocenters. The lowest BCUT2D eigenvalue weighted by Crippen LogP contribution is -2.36. The molecule has 21 heavy (non-hydrogen) atoms. The number of amides is 1. The van der Waals surface area contributed by atoms with Gasteiger partial charge in [-0.25, -0.2) is 8.78 Å². The number of benzene rings is 1. The maximum absolute atomic E-state index is 13.5. The van der Waals surface area contributed by atoms with Crippen LogP contribution in [-0.2, 0) is 4.79 Å². The van der Waals surface area contributed by atoms with Crippen LogP contribution < -0.4 is 5.32 Å². The van der Waals surface area contributed by atoms with Gasteiger partial charge in [0.25, 0.3) is 0 Å². The van der Waals surface area contributed by atoms with E-state index in [2.05, 4.69) is 10.2 Å². The van der Waals surface area contributed by atoms with Crippen LogP contribution in [-0.4, -0.2) is 29.9 Å². The molecule has 1 saturated carbocycles. The van der Waals surface area contributed by atoms with Crippen LogP contribution in [0.2, 0.25) is 0 Å². The second-order valence-corrected chi connectivity index (χ2v) is 6.06. The number of nitrogens with one attached hydrogen (secondary N) is 1. The minimum Gasteiger partial charge on any atom is -0.321 e. The molecule has 1 aliphatic heterocycles. The molecule has 0 radical (unpaired) electrons. The Labute approximate surface area is 123 Å². The third-order valence-electron chi connectivity index (χ3n) is 4.41. The molecule has 0 spiro atoms. The van der Waals surface area contributed by atoms with Crippen molar-refractivity contribution in [2.45, 2.75) is 38.1 Å². The van der Waals surface area contributed by atoms with E-state index in [-0.39, 0.29) is 11.6 Å². The summed E-state index contributed by atoms with van der Waals surface area (Å²) in [5.74, 6) is -1.45. The summed E-state index contributed by atoms with van der Waals surface area (Å²) in [5, 5.41) is 2.37. The quantitative estimate of drug-likeness (QED) is 0.925. The fourth-order valence-corrected chi connectivity index (χ4v) is 3.03.